The summed E-state index contributed by atoms with van der Waals surface area (Å²) in [5, 5.41) is 0.677. The van der Waals surface area contributed by atoms with Gasteiger partial charge >= 0.3 is 0 Å². The summed E-state index contributed by atoms with van der Waals surface area (Å²) >= 11 is 0. The molecule has 5 heteroatoms. The van der Waals surface area contributed by atoms with Gasteiger partial charge in [0.05, 0.1) is 0 Å². The smallest absolute Gasteiger partial charge is 0.152 e. The first kappa shape index (κ1) is 10.9. The zero-order valence-corrected chi connectivity index (χ0v) is 9.38. The summed E-state index contributed by atoms with van der Waals surface area (Å²) in [6.45, 7) is 0. The van der Waals surface area contributed by atoms with Gasteiger partial charge in [-0.15, -0.1) is 0 Å². The van der Waals surface area contributed by atoms with Crippen LogP contribution in [0.5, 0.6) is 0 Å². The van der Waals surface area contributed by atoms with Crippen LogP contribution in [-0.4, -0.2) is 9.97 Å². The van der Waals surface area contributed by atoms with E-state index >= 15 is 0 Å². The van der Waals surface area contributed by atoms with Crippen LogP contribution in [0.25, 0.3) is 11.0 Å². The first-order valence-electron chi connectivity index (χ1n) is 5.45. The molecule has 0 amide bonds. The summed E-state index contributed by atoms with van der Waals surface area (Å²) in [6.07, 6.45) is 3.23. The number of benzene rings is 1. The molecule has 0 fully saturated rings. The average Bonchev–Trinajstić information content (AvgIpc) is 2.81. The fourth-order valence-corrected chi connectivity index (χ4v) is 1.79. The Labute approximate surface area is 102 Å². The van der Waals surface area contributed by atoms with Crippen LogP contribution in [0.15, 0.2) is 47.1 Å². The lowest BCUT2D eigenvalue weighted by Crippen LogP contribution is -2.14. The molecular weight excluding hydrogens is 233 g/mol. The molecule has 0 spiro atoms. The van der Waals surface area contributed by atoms with Crippen molar-refractivity contribution in [2.45, 2.75) is 6.04 Å². The maximum Gasteiger partial charge on any atom is 0.152 e. The zero-order chi connectivity index (χ0) is 12.5. The van der Waals surface area contributed by atoms with E-state index in [2.05, 4.69) is 9.97 Å². The highest BCUT2D eigenvalue weighted by atomic mass is 19.1. The summed E-state index contributed by atoms with van der Waals surface area (Å²) in [5.74, 6) is 0.679. The standard InChI is InChI=1S/C13H10FN3O/c14-9-2-3-10-8(6-9)7-11(18-10)12(15)13-16-4-1-5-17-13/h1-7,12H,15H2. The van der Waals surface area contributed by atoms with Crippen molar-refractivity contribution in [1.29, 1.82) is 0 Å². The second-order valence-corrected chi connectivity index (χ2v) is 3.92. The summed E-state index contributed by atoms with van der Waals surface area (Å²) in [5.41, 5.74) is 6.60. The van der Waals surface area contributed by atoms with Crippen molar-refractivity contribution in [3.63, 3.8) is 0 Å². The largest absolute Gasteiger partial charge is 0.459 e. The lowest BCUT2D eigenvalue weighted by Gasteiger charge is -2.05. The average molecular weight is 243 g/mol. The second-order valence-electron chi connectivity index (χ2n) is 3.92. The molecule has 3 rings (SSSR count). The Hall–Kier alpha value is -2.27. The van der Waals surface area contributed by atoms with Crippen LogP contribution < -0.4 is 5.73 Å². The number of fused-ring (bicyclic) bond motifs is 1. The van der Waals surface area contributed by atoms with Crippen molar-refractivity contribution < 1.29 is 8.81 Å². The van der Waals surface area contributed by atoms with Crippen LogP contribution in [0.4, 0.5) is 4.39 Å². The molecular formula is C13H10FN3O. The van der Waals surface area contributed by atoms with Crippen molar-refractivity contribution in [3.8, 4) is 0 Å². The minimum Gasteiger partial charge on any atom is -0.459 e. The van der Waals surface area contributed by atoms with Gasteiger partial charge in [-0.25, -0.2) is 14.4 Å². The van der Waals surface area contributed by atoms with Gasteiger partial charge in [-0.3, -0.25) is 0 Å². The first-order chi connectivity index (χ1) is 8.74. The molecule has 18 heavy (non-hydrogen) atoms. The topological polar surface area (TPSA) is 64.9 Å². The molecule has 2 N–H and O–H groups in total. The Kier molecular flexibility index (Phi) is 2.53. The molecule has 3 aromatic rings. The van der Waals surface area contributed by atoms with E-state index in [1.54, 1.807) is 30.6 Å². The van der Waals surface area contributed by atoms with E-state index in [4.69, 9.17) is 10.2 Å². The van der Waals surface area contributed by atoms with Crippen LogP contribution in [0, 0.1) is 5.82 Å². The van der Waals surface area contributed by atoms with Crippen molar-refractivity contribution in [2.75, 3.05) is 0 Å². The number of hydrogen-bond donors (Lipinski definition) is 1. The number of rotatable bonds is 2. The van der Waals surface area contributed by atoms with Gasteiger partial charge in [0.25, 0.3) is 0 Å². The lowest BCUT2D eigenvalue weighted by molar-refractivity contribution is 0.514. The van der Waals surface area contributed by atoms with Crippen LogP contribution in [0.3, 0.4) is 0 Å². The van der Waals surface area contributed by atoms with Crippen LogP contribution in [0.1, 0.15) is 17.6 Å². The van der Waals surface area contributed by atoms with E-state index in [1.165, 1.54) is 12.1 Å². The molecule has 2 aromatic heterocycles. The predicted molar refractivity (Wildman–Crippen MR) is 64.2 cm³/mol. The third-order valence-electron chi connectivity index (χ3n) is 2.67. The molecule has 2 heterocycles. The molecule has 90 valence electrons. The van der Waals surface area contributed by atoms with E-state index in [-0.39, 0.29) is 5.82 Å². The second kappa shape index (κ2) is 4.19. The summed E-state index contributed by atoms with van der Waals surface area (Å²) in [4.78, 5) is 8.15. The van der Waals surface area contributed by atoms with Gasteiger partial charge < -0.3 is 10.2 Å². The molecule has 1 aromatic carbocycles. The molecule has 0 aliphatic heterocycles. The first-order valence-corrected chi connectivity index (χ1v) is 5.45. The molecule has 0 saturated heterocycles. The van der Waals surface area contributed by atoms with Gasteiger partial charge in [-0.05, 0) is 30.3 Å². The van der Waals surface area contributed by atoms with Crippen molar-refractivity contribution in [2.24, 2.45) is 5.73 Å². The molecule has 0 radical (unpaired) electrons. The van der Waals surface area contributed by atoms with Crippen LogP contribution in [-0.2, 0) is 0 Å². The predicted octanol–water partition coefficient (Wildman–Crippen LogP) is 2.41. The van der Waals surface area contributed by atoms with Gasteiger partial charge in [0, 0.05) is 17.8 Å². The summed E-state index contributed by atoms with van der Waals surface area (Å²) < 4.78 is 18.6. The third kappa shape index (κ3) is 1.84. The van der Waals surface area contributed by atoms with Crippen LogP contribution in [0.2, 0.25) is 0 Å². The van der Waals surface area contributed by atoms with Gasteiger partial charge in [0.1, 0.15) is 23.2 Å². The van der Waals surface area contributed by atoms with Crippen molar-refractivity contribution in [1.82, 2.24) is 9.97 Å². The number of nitrogens with two attached hydrogens (primary N) is 1. The van der Waals surface area contributed by atoms with Gasteiger partial charge in [0.2, 0.25) is 0 Å². The lowest BCUT2D eigenvalue weighted by atomic mass is 10.2. The number of furan rings is 1. The minimum atomic E-state index is -0.554. The van der Waals surface area contributed by atoms with Crippen LogP contribution >= 0.6 is 0 Å². The third-order valence-corrected chi connectivity index (χ3v) is 2.67. The number of hydrogen-bond acceptors (Lipinski definition) is 4. The molecule has 0 bridgehead atoms. The Balaban J connectivity index is 2.04. The fraction of sp³-hybridized carbons (Fsp3) is 0.0769. The number of nitrogens with zero attached hydrogens (tertiary/aromatic N) is 2. The summed E-state index contributed by atoms with van der Waals surface area (Å²) in [6, 6.07) is 7.19. The monoisotopic (exact) mass is 243 g/mol. The highest BCUT2D eigenvalue weighted by Crippen LogP contribution is 2.25. The highest BCUT2D eigenvalue weighted by Gasteiger charge is 2.16. The van der Waals surface area contributed by atoms with Gasteiger partial charge in [-0.2, -0.15) is 0 Å². The maximum absolute atomic E-state index is 13.1. The molecule has 4 nitrogen and oxygen atoms in total. The van der Waals surface area contributed by atoms with Crippen molar-refractivity contribution >= 4 is 11.0 Å². The SMILES string of the molecule is NC(c1ncccn1)c1cc2cc(F)ccc2o1. The quantitative estimate of drug-likeness (QED) is 0.750. The molecule has 0 aliphatic carbocycles. The molecule has 1 atom stereocenters. The van der Waals surface area contributed by atoms with E-state index < -0.39 is 6.04 Å². The van der Waals surface area contributed by atoms with E-state index in [9.17, 15) is 4.39 Å². The minimum absolute atomic E-state index is 0.306. The maximum atomic E-state index is 13.1. The zero-order valence-electron chi connectivity index (χ0n) is 9.38. The Bertz CT molecular complexity index is 681. The Morgan fingerprint density at radius 1 is 1.17 bits per heavy atom. The molecule has 1 unspecified atom stereocenters. The van der Waals surface area contributed by atoms with Gasteiger partial charge in [0.15, 0.2) is 5.82 Å². The number of aromatic nitrogens is 2. The normalized spacial score (nSPS) is 12.8. The molecule has 0 aliphatic rings. The van der Waals surface area contributed by atoms with E-state index in [1.807, 2.05) is 0 Å². The van der Waals surface area contributed by atoms with E-state index in [0.717, 1.165) is 0 Å². The fourth-order valence-electron chi connectivity index (χ4n) is 1.79. The number of halogens is 1. The van der Waals surface area contributed by atoms with Crippen molar-refractivity contribution in [3.05, 3.63) is 60.1 Å². The molecule has 0 saturated carbocycles. The highest BCUT2D eigenvalue weighted by molar-refractivity contribution is 5.78. The Morgan fingerprint density at radius 2 is 1.94 bits per heavy atom. The summed E-state index contributed by atoms with van der Waals surface area (Å²) in [7, 11) is 0. The Morgan fingerprint density at radius 3 is 2.72 bits per heavy atom. The van der Waals surface area contributed by atoms with Gasteiger partial charge in [-0.1, -0.05) is 0 Å². The van der Waals surface area contributed by atoms with E-state index in [0.29, 0.717) is 22.6 Å².